The zero-order valence-corrected chi connectivity index (χ0v) is 12.5. The molecule has 0 bridgehead atoms. The first-order valence-electron chi connectivity index (χ1n) is 7.25. The van der Waals surface area contributed by atoms with Crippen LogP contribution in [0.15, 0.2) is 30.3 Å². The smallest absolute Gasteiger partial charge is 0.154 e. The quantitative estimate of drug-likeness (QED) is 0.500. The lowest BCUT2D eigenvalue weighted by molar-refractivity contribution is -0.149. The molecule has 2 atom stereocenters. The average Bonchev–Trinajstić information content (AvgIpc) is 2.46. The summed E-state index contributed by atoms with van der Waals surface area (Å²) in [5, 5.41) is 9.68. The van der Waals surface area contributed by atoms with Crippen LogP contribution in [0.4, 0.5) is 0 Å². The van der Waals surface area contributed by atoms with Gasteiger partial charge in [-0.2, -0.15) is 0 Å². The van der Waals surface area contributed by atoms with Crippen molar-refractivity contribution in [2.75, 3.05) is 26.4 Å². The van der Waals surface area contributed by atoms with Crippen LogP contribution in [-0.4, -0.2) is 43.9 Å². The molecule has 0 spiro atoms. The van der Waals surface area contributed by atoms with Crippen LogP contribution in [-0.2, 0) is 20.6 Å². The van der Waals surface area contributed by atoms with Crippen molar-refractivity contribution in [2.24, 2.45) is 0 Å². The molecule has 0 heterocycles. The van der Waals surface area contributed by atoms with Crippen LogP contribution in [0, 0.1) is 0 Å². The molecule has 0 aliphatic carbocycles. The fourth-order valence-corrected chi connectivity index (χ4v) is 1.82. The molecule has 0 saturated carbocycles. The van der Waals surface area contributed by atoms with Crippen LogP contribution in [0.5, 0.6) is 0 Å². The van der Waals surface area contributed by atoms with Gasteiger partial charge in [-0.1, -0.05) is 30.3 Å². The Hall–Kier alpha value is -0.940. The van der Waals surface area contributed by atoms with Crippen molar-refractivity contribution in [1.29, 1.82) is 0 Å². The molecule has 0 amide bonds. The average molecular weight is 282 g/mol. The summed E-state index contributed by atoms with van der Waals surface area (Å²) in [5.74, 6) is 0. The Morgan fingerprint density at radius 1 is 1.10 bits per heavy atom. The van der Waals surface area contributed by atoms with E-state index in [4.69, 9.17) is 14.2 Å². The van der Waals surface area contributed by atoms with Gasteiger partial charge >= 0.3 is 0 Å². The third kappa shape index (κ3) is 8.27. The summed E-state index contributed by atoms with van der Waals surface area (Å²) >= 11 is 0. The number of rotatable bonds is 11. The molecule has 1 aromatic rings. The molecular weight excluding hydrogens is 256 g/mol. The molecule has 4 nitrogen and oxygen atoms in total. The summed E-state index contributed by atoms with van der Waals surface area (Å²) in [4.78, 5) is 0. The van der Waals surface area contributed by atoms with Crippen LogP contribution in [0.25, 0.3) is 0 Å². The topological polar surface area (TPSA) is 47.9 Å². The van der Waals surface area contributed by atoms with Gasteiger partial charge < -0.3 is 19.3 Å². The number of aliphatic hydroxyl groups is 1. The number of hydrogen-bond donors (Lipinski definition) is 1. The predicted molar refractivity (Wildman–Crippen MR) is 78.6 cm³/mol. The van der Waals surface area contributed by atoms with Gasteiger partial charge in [0.05, 0.1) is 13.2 Å². The fourth-order valence-electron chi connectivity index (χ4n) is 1.82. The SMILES string of the molecule is CCOC(C)OCC(O)COCCCc1ccccc1. The van der Waals surface area contributed by atoms with E-state index in [-0.39, 0.29) is 12.9 Å². The highest BCUT2D eigenvalue weighted by molar-refractivity contribution is 5.14. The molecule has 1 rings (SSSR count). The van der Waals surface area contributed by atoms with Gasteiger partial charge in [0.25, 0.3) is 0 Å². The molecule has 114 valence electrons. The molecule has 0 aliphatic heterocycles. The van der Waals surface area contributed by atoms with E-state index in [0.29, 0.717) is 19.8 Å². The summed E-state index contributed by atoms with van der Waals surface area (Å²) in [6.45, 7) is 5.51. The molecule has 2 unspecified atom stereocenters. The minimum absolute atomic E-state index is 0.236. The maximum Gasteiger partial charge on any atom is 0.154 e. The number of hydrogen-bond acceptors (Lipinski definition) is 4. The molecule has 0 fully saturated rings. The van der Waals surface area contributed by atoms with E-state index in [2.05, 4.69) is 12.1 Å². The summed E-state index contributed by atoms with van der Waals surface area (Å²) in [6.07, 6.45) is 1.06. The minimum Gasteiger partial charge on any atom is -0.388 e. The second-order valence-corrected chi connectivity index (χ2v) is 4.67. The van der Waals surface area contributed by atoms with Crippen molar-refractivity contribution in [2.45, 2.75) is 39.1 Å². The van der Waals surface area contributed by atoms with E-state index < -0.39 is 6.10 Å². The minimum atomic E-state index is -0.602. The van der Waals surface area contributed by atoms with Gasteiger partial charge in [0.15, 0.2) is 6.29 Å². The molecule has 1 N–H and O–H groups in total. The van der Waals surface area contributed by atoms with E-state index in [1.54, 1.807) is 0 Å². The molecule has 0 aliphatic rings. The van der Waals surface area contributed by atoms with Crippen LogP contribution >= 0.6 is 0 Å². The largest absolute Gasteiger partial charge is 0.388 e. The number of aliphatic hydroxyl groups excluding tert-OH is 1. The summed E-state index contributed by atoms with van der Waals surface area (Å²) < 4.78 is 16.0. The van der Waals surface area contributed by atoms with Gasteiger partial charge in [0, 0.05) is 13.2 Å². The van der Waals surface area contributed by atoms with E-state index in [1.807, 2.05) is 32.0 Å². The number of aryl methyl sites for hydroxylation is 1. The van der Waals surface area contributed by atoms with Gasteiger partial charge in [-0.3, -0.25) is 0 Å². The van der Waals surface area contributed by atoms with Gasteiger partial charge in [-0.15, -0.1) is 0 Å². The van der Waals surface area contributed by atoms with Crippen LogP contribution in [0.2, 0.25) is 0 Å². The van der Waals surface area contributed by atoms with Crippen molar-refractivity contribution in [3.8, 4) is 0 Å². The second kappa shape index (κ2) is 10.8. The molecule has 0 aromatic heterocycles. The third-order valence-corrected chi connectivity index (χ3v) is 2.83. The molecular formula is C16H26O4. The van der Waals surface area contributed by atoms with Crippen molar-refractivity contribution < 1.29 is 19.3 Å². The van der Waals surface area contributed by atoms with Crippen LogP contribution < -0.4 is 0 Å². The lowest BCUT2D eigenvalue weighted by Gasteiger charge is -2.16. The molecule has 1 aromatic carbocycles. The Kier molecular flexibility index (Phi) is 9.24. The summed E-state index contributed by atoms with van der Waals surface area (Å²) in [6, 6.07) is 10.3. The van der Waals surface area contributed by atoms with Crippen LogP contribution in [0.1, 0.15) is 25.8 Å². The lowest BCUT2D eigenvalue weighted by Crippen LogP contribution is -2.26. The Labute approximate surface area is 121 Å². The van der Waals surface area contributed by atoms with Gasteiger partial charge in [0.1, 0.15) is 6.10 Å². The van der Waals surface area contributed by atoms with Crippen molar-refractivity contribution in [1.82, 2.24) is 0 Å². The first-order chi connectivity index (χ1) is 9.72. The van der Waals surface area contributed by atoms with Crippen LogP contribution in [0.3, 0.4) is 0 Å². The Morgan fingerprint density at radius 2 is 1.85 bits per heavy atom. The summed E-state index contributed by atoms with van der Waals surface area (Å²) in [5.41, 5.74) is 1.31. The zero-order chi connectivity index (χ0) is 14.6. The zero-order valence-electron chi connectivity index (χ0n) is 12.5. The lowest BCUT2D eigenvalue weighted by atomic mass is 10.1. The monoisotopic (exact) mass is 282 g/mol. The standard InChI is InChI=1S/C16H26O4/c1-3-19-14(2)20-13-16(17)12-18-11-7-10-15-8-5-4-6-9-15/h4-6,8-9,14,16-17H,3,7,10-13H2,1-2H3. The molecule has 4 heteroatoms. The summed E-state index contributed by atoms with van der Waals surface area (Å²) in [7, 11) is 0. The van der Waals surface area contributed by atoms with Gasteiger partial charge in [-0.25, -0.2) is 0 Å². The highest BCUT2D eigenvalue weighted by Gasteiger charge is 2.08. The molecule has 0 saturated heterocycles. The van der Waals surface area contributed by atoms with E-state index in [1.165, 1.54) is 5.56 Å². The Bertz CT molecular complexity index is 329. The van der Waals surface area contributed by atoms with E-state index >= 15 is 0 Å². The number of ether oxygens (including phenoxy) is 3. The fraction of sp³-hybridized carbons (Fsp3) is 0.625. The van der Waals surface area contributed by atoms with Crippen molar-refractivity contribution in [3.05, 3.63) is 35.9 Å². The first kappa shape index (κ1) is 17.1. The maximum atomic E-state index is 9.68. The van der Waals surface area contributed by atoms with Gasteiger partial charge in [0.2, 0.25) is 0 Å². The van der Waals surface area contributed by atoms with Gasteiger partial charge in [-0.05, 0) is 32.3 Å². The highest BCUT2D eigenvalue weighted by Crippen LogP contribution is 2.02. The maximum absolute atomic E-state index is 9.68. The predicted octanol–water partition coefficient (Wildman–Crippen LogP) is 2.40. The van der Waals surface area contributed by atoms with E-state index in [0.717, 1.165) is 12.8 Å². The third-order valence-electron chi connectivity index (χ3n) is 2.83. The Balaban J connectivity index is 1.98. The normalized spacial score (nSPS) is 14.2. The first-order valence-corrected chi connectivity index (χ1v) is 7.25. The number of benzene rings is 1. The molecule has 20 heavy (non-hydrogen) atoms. The van der Waals surface area contributed by atoms with Crippen molar-refractivity contribution in [3.63, 3.8) is 0 Å². The van der Waals surface area contributed by atoms with E-state index in [9.17, 15) is 5.11 Å². The molecule has 0 radical (unpaired) electrons. The Morgan fingerprint density at radius 3 is 2.55 bits per heavy atom. The highest BCUT2D eigenvalue weighted by atomic mass is 16.7. The second-order valence-electron chi connectivity index (χ2n) is 4.67. The van der Waals surface area contributed by atoms with Crippen molar-refractivity contribution >= 4 is 0 Å².